The average Bonchev–Trinajstić information content (AvgIpc) is 2.48. The predicted molar refractivity (Wildman–Crippen MR) is 51.5 cm³/mol. The highest BCUT2D eigenvalue weighted by Gasteiger charge is 2.50. The van der Waals surface area contributed by atoms with Crippen LogP contribution in [0.25, 0.3) is 0 Å². The van der Waals surface area contributed by atoms with Gasteiger partial charge in [-0.2, -0.15) is 30.7 Å². The minimum atomic E-state index is -5.63. The van der Waals surface area contributed by atoms with Gasteiger partial charge < -0.3 is 4.18 Å². The van der Waals surface area contributed by atoms with Crippen LogP contribution in [0.2, 0.25) is 0 Å². The Bertz CT molecular complexity index is 493. The lowest BCUT2D eigenvalue weighted by atomic mass is 10.5. The lowest BCUT2D eigenvalue weighted by Crippen LogP contribution is -2.35. The summed E-state index contributed by atoms with van der Waals surface area (Å²) in [6, 6.07) is -0.371. The van der Waals surface area contributed by atoms with Crippen LogP contribution in [0.15, 0.2) is 12.4 Å². The highest BCUT2D eigenvalue weighted by Crippen LogP contribution is 2.25. The van der Waals surface area contributed by atoms with Gasteiger partial charge in [-0.1, -0.05) is 6.92 Å². The summed E-state index contributed by atoms with van der Waals surface area (Å²) in [4.78, 5) is 0. The molecule has 0 radical (unpaired) electrons. The Hall–Kier alpha value is -1.25. The highest BCUT2D eigenvalue weighted by atomic mass is 32.2. The van der Waals surface area contributed by atoms with Crippen LogP contribution in [-0.4, -0.2) is 18.5 Å². The second kappa shape index (κ2) is 4.55. The molecule has 0 aliphatic heterocycles. The van der Waals surface area contributed by atoms with E-state index in [1.807, 2.05) is 6.92 Å². The molecule has 0 fully saturated rings. The molecular weight excluding hydrogens is 261 g/mol. The van der Waals surface area contributed by atoms with Gasteiger partial charge in [0.2, 0.25) is 0 Å². The molecule has 1 heterocycles. The number of imidazole rings is 1. The van der Waals surface area contributed by atoms with Crippen LogP contribution in [0.5, 0.6) is 6.01 Å². The smallest absolute Gasteiger partial charge is 0.302 e. The van der Waals surface area contributed by atoms with E-state index in [0.29, 0.717) is 13.0 Å². The van der Waals surface area contributed by atoms with Gasteiger partial charge in [-0.05, 0) is 6.42 Å². The van der Waals surface area contributed by atoms with E-state index in [2.05, 4.69) is 4.18 Å². The van der Waals surface area contributed by atoms with Crippen molar-refractivity contribution in [3.05, 3.63) is 12.4 Å². The molecule has 0 aromatic carbocycles. The third-order valence-corrected chi connectivity index (χ3v) is 2.89. The van der Waals surface area contributed by atoms with Crippen LogP contribution < -0.4 is 8.75 Å². The molecule has 0 N–H and O–H groups in total. The van der Waals surface area contributed by atoms with E-state index in [4.69, 9.17) is 0 Å². The quantitative estimate of drug-likeness (QED) is 0.466. The van der Waals surface area contributed by atoms with Gasteiger partial charge in [-0.25, -0.2) is 0 Å². The van der Waals surface area contributed by atoms with Gasteiger partial charge in [-0.15, -0.1) is 0 Å². The minimum Gasteiger partial charge on any atom is -0.302 e. The molecule has 1 aromatic rings. The van der Waals surface area contributed by atoms with Crippen LogP contribution in [0.3, 0.4) is 0 Å². The first-order valence-electron chi connectivity index (χ1n) is 4.74. The Balaban J connectivity index is 3.07. The van der Waals surface area contributed by atoms with E-state index in [1.54, 1.807) is 0 Å². The number of hydrogen-bond acceptors (Lipinski definition) is 3. The van der Waals surface area contributed by atoms with Gasteiger partial charge in [0.1, 0.15) is 12.4 Å². The predicted octanol–water partition coefficient (Wildman–Crippen LogP) is 0.951. The normalized spacial score (nSPS) is 12.8. The van der Waals surface area contributed by atoms with E-state index in [0.717, 1.165) is 0 Å². The second-order valence-electron chi connectivity index (χ2n) is 3.37. The summed E-state index contributed by atoms with van der Waals surface area (Å²) in [6.45, 7) is 2.17. The Morgan fingerprint density at radius 2 is 2.06 bits per heavy atom. The van der Waals surface area contributed by atoms with Crippen LogP contribution >= 0.6 is 0 Å². The molecule has 0 atom stereocenters. The molecule has 5 nitrogen and oxygen atoms in total. The molecule has 1 aromatic heterocycles. The topological polar surface area (TPSA) is 52.2 Å². The molecule has 0 unspecified atom stereocenters. The Morgan fingerprint density at radius 3 is 2.53 bits per heavy atom. The first-order chi connectivity index (χ1) is 7.69. The zero-order chi connectivity index (χ0) is 13.3. The summed E-state index contributed by atoms with van der Waals surface area (Å²) in [7, 11) is -4.23. The summed E-state index contributed by atoms with van der Waals surface area (Å²) >= 11 is 0. The van der Waals surface area contributed by atoms with Crippen LogP contribution in [0.1, 0.15) is 13.3 Å². The molecule has 98 valence electrons. The van der Waals surface area contributed by atoms with E-state index < -0.39 is 15.6 Å². The first kappa shape index (κ1) is 13.8. The van der Waals surface area contributed by atoms with Gasteiger partial charge >= 0.3 is 21.6 Å². The molecule has 0 aliphatic carbocycles. The second-order valence-corrected chi connectivity index (χ2v) is 4.91. The number of aromatic nitrogens is 2. The Morgan fingerprint density at radius 1 is 1.47 bits per heavy atom. The van der Waals surface area contributed by atoms with Gasteiger partial charge in [-0.3, -0.25) is 0 Å². The molecule has 0 saturated carbocycles. The van der Waals surface area contributed by atoms with Crippen molar-refractivity contribution in [2.24, 2.45) is 7.05 Å². The lowest BCUT2D eigenvalue weighted by molar-refractivity contribution is -0.674. The van der Waals surface area contributed by atoms with Crippen molar-refractivity contribution >= 4 is 10.1 Å². The number of hydrogen-bond donors (Lipinski definition) is 0. The number of rotatable bonds is 4. The van der Waals surface area contributed by atoms with Crippen molar-refractivity contribution in [1.82, 2.24) is 4.57 Å². The summed E-state index contributed by atoms with van der Waals surface area (Å²) in [5.41, 5.74) is -5.43. The van der Waals surface area contributed by atoms with E-state index >= 15 is 0 Å². The molecule has 0 saturated heterocycles. The standard InChI is InChI=1S/C8H12F3N2O3S/c1-3-4-13-6-5-12(2)7(13)16-17(14,15)8(9,10)11/h5-6H,3-4H2,1-2H3/q+1. The zero-order valence-electron chi connectivity index (χ0n) is 9.23. The maximum atomic E-state index is 12.1. The molecule has 1 rings (SSSR count). The third-order valence-electron chi connectivity index (χ3n) is 1.95. The minimum absolute atomic E-state index is 0.365. The molecule has 0 amide bonds. The maximum Gasteiger partial charge on any atom is 0.534 e. The molecule has 0 bridgehead atoms. The van der Waals surface area contributed by atoms with Crippen molar-refractivity contribution in [2.75, 3.05) is 0 Å². The van der Waals surface area contributed by atoms with E-state index in [1.165, 1.54) is 28.6 Å². The van der Waals surface area contributed by atoms with Crippen molar-refractivity contribution in [3.63, 3.8) is 0 Å². The largest absolute Gasteiger partial charge is 0.534 e. The van der Waals surface area contributed by atoms with Crippen molar-refractivity contribution in [3.8, 4) is 6.01 Å². The fourth-order valence-corrected chi connectivity index (χ4v) is 1.68. The summed E-state index contributed by atoms with van der Waals surface area (Å²) in [5.74, 6) is 0. The fourth-order valence-electron chi connectivity index (χ4n) is 1.17. The first-order valence-corrected chi connectivity index (χ1v) is 6.15. The molecule has 17 heavy (non-hydrogen) atoms. The molecular formula is C8H12F3N2O3S+. The van der Waals surface area contributed by atoms with Gasteiger partial charge in [0.05, 0.1) is 13.6 Å². The molecule has 0 aliphatic rings. The number of aryl methyl sites for hydroxylation is 2. The Labute approximate surface area is 96.5 Å². The van der Waals surface area contributed by atoms with E-state index in [9.17, 15) is 21.6 Å². The SMILES string of the molecule is CCCn1cc[n+](C)c1OS(=O)(=O)C(F)(F)F. The monoisotopic (exact) mass is 273 g/mol. The Kier molecular flexibility index (Phi) is 3.70. The van der Waals surface area contributed by atoms with Crippen LogP contribution in [-0.2, 0) is 23.7 Å². The zero-order valence-corrected chi connectivity index (χ0v) is 10.0. The van der Waals surface area contributed by atoms with Crippen LogP contribution in [0, 0.1) is 0 Å². The number of nitrogens with zero attached hydrogens (tertiary/aromatic N) is 2. The summed E-state index contributed by atoms with van der Waals surface area (Å²) < 4.78 is 64.7. The van der Waals surface area contributed by atoms with E-state index in [-0.39, 0.29) is 6.01 Å². The summed E-state index contributed by atoms with van der Waals surface area (Å²) in [5, 5.41) is 0. The third kappa shape index (κ3) is 2.90. The number of alkyl halides is 3. The van der Waals surface area contributed by atoms with Gasteiger partial charge in [0, 0.05) is 0 Å². The van der Waals surface area contributed by atoms with Crippen molar-refractivity contribution in [1.29, 1.82) is 0 Å². The fraction of sp³-hybridized carbons (Fsp3) is 0.625. The summed E-state index contributed by atoms with van der Waals surface area (Å²) in [6.07, 6.45) is 3.50. The average molecular weight is 273 g/mol. The maximum absolute atomic E-state index is 12.1. The van der Waals surface area contributed by atoms with Crippen molar-refractivity contribution in [2.45, 2.75) is 25.4 Å². The molecule has 0 spiro atoms. The van der Waals surface area contributed by atoms with Gasteiger partial charge in [0.15, 0.2) is 0 Å². The number of halogens is 3. The van der Waals surface area contributed by atoms with Crippen molar-refractivity contribution < 1.29 is 30.3 Å². The highest BCUT2D eigenvalue weighted by molar-refractivity contribution is 7.87. The van der Waals surface area contributed by atoms with Gasteiger partial charge in [0.25, 0.3) is 0 Å². The van der Waals surface area contributed by atoms with Crippen LogP contribution in [0.4, 0.5) is 13.2 Å². The molecule has 9 heteroatoms. The lowest BCUT2D eigenvalue weighted by Gasteiger charge is -2.07.